The maximum atomic E-state index is 12.9. The minimum absolute atomic E-state index is 0.00762. The standard InChI is InChI=1S/C18H20N2O3S/c1-12-19-16(14-5-3-2-4-6-14)17(24-12)18(23)20-9-7-13(8-10-20)11-15(21)22/h2-6,13H,7-11H2,1H3,(H,21,22). The molecule has 0 radical (unpaired) electrons. The number of thiazole rings is 1. The van der Waals surface area contributed by atoms with Gasteiger partial charge in [-0.05, 0) is 25.7 Å². The van der Waals surface area contributed by atoms with Crippen LogP contribution >= 0.6 is 11.3 Å². The third-order valence-corrected chi connectivity index (χ3v) is 5.30. The number of benzene rings is 1. The van der Waals surface area contributed by atoms with Gasteiger partial charge in [0.05, 0.1) is 10.7 Å². The lowest BCUT2D eigenvalue weighted by atomic mass is 9.93. The molecule has 0 spiro atoms. The molecule has 1 N–H and O–H groups in total. The lowest BCUT2D eigenvalue weighted by Gasteiger charge is -2.31. The highest BCUT2D eigenvalue weighted by atomic mass is 32.1. The van der Waals surface area contributed by atoms with Gasteiger partial charge in [0.25, 0.3) is 5.91 Å². The summed E-state index contributed by atoms with van der Waals surface area (Å²) >= 11 is 1.43. The highest BCUT2D eigenvalue weighted by molar-refractivity contribution is 7.14. The summed E-state index contributed by atoms with van der Waals surface area (Å²) in [5.41, 5.74) is 1.70. The molecule has 24 heavy (non-hydrogen) atoms. The monoisotopic (exact) mass is 344 g/mol. The molecule has 1 aliphatic heterocycles. The minimum atomic E-state index is -0.760. The molecule has 6 heteroatoms. The van der Waals surface area contributed by atoms with Crippen LogP contribution in [0, 0.1) is 12.8 Å². The molecule has 0 saturated carbocycles. The summed E-state index contributed by atoms with van der Waals surface area (Å²) in [6.07, 6.45) is 1.68. The highest BCUT2D eigenvalue weighted by Crippen LogP contribution is 2.30. The Labute approximate surface area is 145 Å². The second-order valence-electron chi connectivity index (χ2n) is 6.11. The van der Waals surface area contributed by atoms with Crippen LogP contribution in [0.15, 0.2) is 30.3 Å². The van der Waals surface area contributed by atoms with E-state index in [1.165, 1.54) is 11.3 Å². The third kappa shape index (κ3) is 3.64. The van der Waals surface area contributed by atoms with Crippen LogP contribution in [0.25, 0.3) is 11.3 Å². The van der Waals surface area contributed by atoms with Crippen molar-refractivity contribution in [2.45, 2.75) is 26.2 Å². The van der Waals surface area contributed by atoms with Crippen molar-refractivity contribution in [3.05, 3.63) is 40.2 Å². The number of carboxylic acid groups (broad SMARTS) is 1. The Morgan fingerprint density at radius 1 is 1.25 bits per heavy atom. The van der Waals surface area contributed by atoms with Crippen molar-refractivity contribution >= 4 is 23.2 Å². The smallest absolute Gasteiger partial charge is 0.303 e. The molecule has 0 unspecified atom stereocenters. The first-order valence-electron chi connectivity index (χ1n) is 8.08. The molecule has 1 aromatic carbocycles. The molecule has 0 bridgehead atoms. The van der Waals surface area contributed by atoms with E-state index in [2.05, 4.69) is 4.98 Å². The zero-order chi connectivity index (χ0) is 17.1. The first kappa shape index (κ1) is 16.6. The summed E-state index contributed by atoms with van der Waals surface area (Å²) in [7, 11) is 0. The summed E-state index contributed by atoms with van der Waals surface area (Å²) in [5, 5.41) is 9.77. The van der Waals surface area contributed by atoms with Crippen LogP contribution < -0.4 is 0 Å². The van der Waals surface area contributed by atoms with Crippen molar-refractivity contribution in [2.24, 2.45) is 5.92 Å². The lowest BCUT2D eigenvalue weighted by Crippen LogP contribution is -2.38. The number of aromatic nitrogens is 1. The Hall–Kier alpha value is -2.21. The Kier molecular flexibility index (Phi) is 4.94. The summed E-state index contributed by atoms with van der Waals surface area (Å²) < 4.78 is 0. The number of carbonyl (C=O) groups is 2. The average Bonchev–Trinajstić information content (AvgIpc) is 2.97. The number of aryl methyl sites for hydroxylation is 1. The van der Waals surface area contributed by atoms with Gasteiger partial charge in [0, 0.05) is 25.1 Å². The summed E-state index contributed by atoms with van der Waals surface area (Å²) in [6.45, 7) is 3.14. The quantitative estimate of drug-likeness (QED) is 0.922. The number of likely N-dealkylation sites (tertiary alicyclic amines) is 1. The molecule has 1 fully saturated rings. The van der Waals surface area contributed by atoms with Gasteiger partial charge in [0.15, 0.2) is 0 Å². The topological polar surface area (TPSA) is 70.5 Å². The SMILES string of the molecule is Cc1nc(-c2ccccc2)c(C(=O)N2CCC(CC(=O)O)CC2)s1. The van der Waals surface area contributed by atoms with E-state index < -0.39 is 5.97 Å². The van der Waals surface area contributed by atoms with E-state index in [1.807, 2.05) is 42.2 Å². The number of amides is 1. The van der Waals surface area contributed by atoms with Gasteiger partial charge in [0.2, 0.25) is 0 Å². The number of hydrogen-bond acceptors (Lipinski definition) is 4. The van der Waals surface area contributed by atoms with E-state index in [0.717, 1.165) is 29.1 Å². The molecule has 1 aromatic heterocycles. The van der Waals surface area contributed by atoms with Crippen molar-refractivity contribution in [3.63, 3.8) is 0 Å². The average molecular weight is 344 g/mol. The second-order valence-corrected chi connectivity index (χ2v) is 7.31. The zero-order valence-corrected chi connectivity index (χ0v) is 14.4. The fourth-order valence-corrected chi connectivity index (χ4v) is 4.00. The molecular weight excluding hydrogens is 324 g/mol. The Morgan fingerprint density at radius 2 is 1.92 bits per heavy atom. The number of carbonyl (C=O) groups excluding carboxylic acids is 1. The van der Waals surface area contributed by atoms with Gasteiger partial charge in [-0.15, -0.1) is 11.3 Å². The van der Waals surface area contributed by atoms with E-state index >= 15 is 0 Å². The maximum Gasteiger partial charge on any atom is 0.303 e. The predicted molar refractivity (Wildman–Crippen MR) is 93.2 cm³/mol. The van der Waals surface area contributed by atoms with Crippen LogP contribution in [-0.2, 0) is 4.79 Å². The maximum absolute atomic E-state index is 12.9. The van der Waals surface area contributed by atoms with Crippen molar-refractivity contribution in [1.82, 2.24) is 9.88 Å². The molecular formula is C18H20N2O3S. The van der Waals surface area contributed by atoms with Crippen molar-refractivity contribution in [1.29, 1.82) is 0 Å². The van der Waals surface area contributed by atoms with Crippen LogP contribution in [0.4, 0.5) is 0 Å². The Morgan fingerprint density at radius 3 is 2.54 bits per heavy atom. The van der Waals surface area contributed by atoms with Crippen LogP contribution in [0.2, 0.25) is 0 Å². The number of rotatable bonds is 4. The van der Waals surface area contributed by atoms with Gasteiger partial charge >= 0.3 is 5.97 Å². The summed E-state index contributed by atoms with van der Waals surface area (Å²) in [4.78, 5) is 30.8. The van der Waals surface area contributed by atoms with Gasteiger partial charge in [-0.25, -0.2) is 4.98 Å². The molecule has 1 saturated heterocycles. The number of hydrogen-bond donors (Lipinski definition) is 1. The molecule has 0 aliphatic carbocycles. The molecule has 1 amide bonds. The fraction of sp³-hybridized carbons (Fsp3) is 0.389. The number of aliphatic carboxylic acids is 1. The first-order chi connectivity index (χ1) is 11.5. The van der Waals surface area contributed by atoms with Gasteiger partial charge in [-0.2, -0.15) is 0 Å². The Balaban J connectivity index is 1.76. The molecule has 2 aromatic rings. The highest BCUT2D eigenvalue weighted by Gasteiger charge is 2.28. The van der Waals surface area contributed by atoms with Gasteiger partial charge < -0.3 is 10.0 Å². The molecule has 1 aliphatic rings. The number of nitrogens with zero attached hydrogens (tertiary/aromatic N) is 2. The van der Waals surface area contributed by atoms with E-state index in [-0.39, 0.29) is 18.2 Å². The van der Waals surface area contributed by atoms with E-state index in [9.17, 15) is 9.59 Å². The van der Waals surface area contributed by atoms with Crippen molar-refractivity contribution in [3.8, 4) is 11.3 Å². The van der Waals surface area contributed by atoms with Gasteiger partial charge in [0.1, 0.15) is 4.88 Å². The zero-order valence-electron chi connectivity index (χ0n) is 13.6. The van der Waals surface area contributed by atoms with E-state index in [4.69, 9.17) is 5.11 Å². The van der Waals surface area contributed by atoms with Crippen molar-refractivity contribution in [2.75, 3.05) is 13.1 Å². The Bertz CT molecular complexity index is 734. The normalized spacial score (nSPS) is 15.5. The molecule has 3 rings (SSSR count). The van der Waals surface area contributed by atoms with Crippen LogP contribution in [-0.4, -0.2) is 40.0 Å². The number of carboxylic acids is 1. The first-order valence-corrected chi connectivity index (χ1v) is 8.90. The fourth-order valence-electron chi connectivity index (χ4n) is 3.09. The third-order valence-electron chi connectivity index (χ3n) is 4.34. The molecule has 126 valence electrons. The predicted octanol–water partition coefficient (Wildman–Crippen LogP) is 3.45. The minimum Gasteiger partial charge on any atom is -0.481 e. The van der Waals surface area contributed by atoms with E-state index in [1.54, 1.807) is 0 Å². The lowest BCUT2D eigenvalue weighted by molar-refractivity contribution is -0.138. The molecule has 5 nitrogen and oxygen atoms in total. The molecule has 0 atom stereocenters. The molecule has 2 heterocycles. The van der Waals surface area contributed by atoms with E-state index in [0.29, 0.717) is 18.0 Å². The van der Waals surface area contributed by atoms with Crippen molar-refractivity contribution < 1.29 is 14.7 Å². The van der Waals surface area contributed by atoms with Crippen LogP contribution in [0.3, 0.4) is 0 Å². The van der Waals surface area contributed by atoms with Gasteiger partial charge in [-0.1, -0.05) is 30.3 Å². The summed E-state index contributed by atoms with van der Waals surface area (Å²) in [6, 6.07) is 9.75. The van der Waals surface area contributed by atoms with Crippen LogP contribution in [0.1, 0.15) is 33.9 Å². The van der Waals surface area contributed by atoms with Crippen LogP contribution in [0.5, 0.6) is 0 Å². The summed E-state index contributed by atoms with van der Waals surface area (Å²) in [5.74, 6) is -0.583. The largest absolute Gasteiger partial charge is 0.481 e. The van der Waals surface area contributed by atoms with Gasteiger partial charge in [-0.3, -0.25) is 9.59 Å². The second kappa shape index (κ2) is 7.13. The number of piperidine rings is 1.